The fourth-order valence-corrected chi connectivity index (χ4v) is 4.92. The number of anilines is 2. The van der Waals surface area contributed by atoms with E-state index in [4.69, 9.17) is 9.97 Å². The van der Waals surface area contributed by atoms with E-state index in [1.807, 2.05) is 0 Å². The normalized spacial score (nSPS) is 21.2. The largest absolute Gasteiger partial charge is 0.362 e. The Morgan fingerprint density at radius 3 is 2.62 bits per heavy atom. The maximum Gasteiger partial charge on any atom is 0.324 e. The van der Waals surface area contributed by atoms with Crippen molar-refractivity contribution in [3.8, 4) is 0 Å². The summed E-state index contributed by atoms with van der Waals surface area (Å²) >= 11 is 1.57. The van der Waals surface area contributed by atoms with E-state index < -0.39 is 0 Å². The number of unbranched alkanes of at least 4 members (excludes halogenated alkanes) is 1. The van der Waals surface area contributed by atoms with Gasteiger partial charge in [0.15, 0.2) is 0 Å². The van der Waals surface area contributed by atoms with Crippen LogP contribution in [0.5, 0.6) is 0 Å². The average Bonchev–Trinajstić information content (AvgIpc) is 2.73. The van der Waals surface area contributed by atoms with Crippen molar-refractivity contribution >= 4 is 29.7 Å². The Kier molecular flexibility index (Phi) is 8.27. The maximum atomic E-state index is 11.8. The molecule has 0 aromatic carbocycles. The summed E-state index contributed by atoms with van der Waals surface area (Å²) in [4.78, 5) is 23.6. The molecular weight excluding hydrogens is 384 g/mol. The van der Waals surface area contributed by atoms with E-state index in [1.54, 1.807) is 11.9 Å². The highest BCUT2D eigenvalue weighted by Crippen LogP contribution is 2.31. The molecule has 162 valence electrons. The van der Waals surface area contributed by atoms with Crippen molar-refractivity contribution < 1.29 is 4.79 Å². The average molecular weight is 421 g/mol. The van der Waals surface area contributed by atoms with Gasteiger partial charge in [0.25, 0.3) is 0 Å². The molecule has 0 bridgehead atoms. The van der Waals surface area contributed by atoms with Crippen molar-refractivity contribution in [1.29, 1.82) is 0 Å². The summed E-state index contributed by atoms with van der Waals surface area (Å²) < 4.78 is 2.95. The first kappa shape index (κ1) is 22.0. The molecule has 1 heterocycles. The SMILES string of the molecule is CCCCNC(=O)NS[C@H]1CC[C@@H](Nc2nc3c(c(N(C)C)n2)CCCC3)CC1. The maximum absolute atomic E-state index is 11.8. The molecule has 2 amide bonds. The molecule has 0 spiro atoms. The van der Waals surface area contributed by atoms with Gasteiger partial charge in [0.2, 0.25) is 5.95 Å². The van der Waals surface area contributed by atoms with Gasteiger partial charge in [-0.2, -0.15) is 4.98 Å². The summed E-state index contributed by atoms with van der Waals surface area (Å²) in [7, 11) is 4.13. The first-order chi connectivity index (χ1) is 14.1. The van der Waals surface area contributed by atoms with Crippen molar-refractivity contribution in [3.63, 3.8) is 0 Å². The molecule has 2 aliphatic rings. The number of hydrogen-bond acceptors (Lipinski definition) is 6. The van der Waals surface area contributed by atoms with Gasteiger partial charge >= 0.3 is 6.03 Å². The summed E-state index contributed by atoms with van der Waals surface area (Å²) in [5, 5.41) is 6.97. The molecule has 8 heteroatoms. The minimum absolute atomic E-state index is 0.0672. The Morgan fingerprint density at radius 1 is 1.14 bits per heavy atom. The Hall–Kier alpha value is -1.70. The fraction of sp³-hybridized carbons (Fsp3) is 0.762. The molecule has 2 aliphatic carbocycles. The summed E-state index contributed by atoms with van der Waals surface area (Å²) in [6, 6.07) is 0.337. The van der Waals surface area contributed by atoms with Crippen LogP contribution in [0.15, 0.2) is 0 Å². The van der Waals surface area contributed by atoms with Crippen LogP contribution in [0.1, 0.15) is 69.5 Å². The van der Waals surface area contributed by atoms with Crippen LogP contribution in [0, 0.1) is 0 Å². The van der Waals surface area contributed by atoms with E-state index in [1.165, 1.54) is 24.1 Å². The van der Waals surface area contributed by atoms with Crippen LogP contribution in [-0.4, -0.2) is 47.9 Å². The van der Waals surface area contributed by atoms with Crippen LogP contribution in [0.4, 0.5) is 16.6 Å². The Labute approximate surface area is 179 Å². The number of rotatable bonds is 8. The van der Waals surface area contributed by atoms with Gasteiger partial charge in [-0.05, 0) is 69.7 Å². The number of carbonyl (C=O) groups is 1. The Bertz CT molecular complexity index is 675. The Balaban J connectivity index is 1.47. The molecule has 0 unspecified atom stereocenters. The zero-order valence-electron chi connectivity index (χ0n) is 18.1. The highest BCUT2D eigenvalue weighted by Gasteiger charge is 2.24. The molecule has 1 fully saturated rings. The van der Waals surface area contributed by atoms with Crippen LogP contribution < -0.4 is 20.3 Å². The number of nitrogens with zero attached hydrogens (tertiary/aromatic N) is 3. The number of nitrogens with one attached hydrogen (secondary N) is 3. The molecule has 1 saturated carbocycles. The number of aryl methyl sites for hydroxylation is 1. The standard InChI is InChI=1S/C21H36N6OS/c1-4-5-14-22-21(28)26-29-16-12-10-15(11-13-16)23-20-24-18-9-7-6-8-17(18)19(25-20)27(2)3/h15-16H,4-14H2,1-3H3,(H2,22,26,28)(H,23,24,25)/t15-,16+. The zero-order chi connectivity index (χ0) is 20.6. The first-order valence-corrected chi connectivity index (χ1v) is 12.0. The van der Waals surface area contributed by atoms with Crippen molar-refractivity contribution in [2.24, 2.45) is 0 Å². The molecule has 3 rings (SSSR count). The molecule has 1 aromatic heterocycles. The lowest BCUT2D eigenvalue weighted by Crippen LogP contribution is -2.35. The number of aromatic nitrogens is 2. The van der Waals surface area contributed by atoms with Crippen LogP contribution in [0.3, 0.4) is 0 Å². The van der Waals surface area contributed by atoms with Crippen LogP contribution in [0.25, 0.3) is 0 Å². The number of urea groups is 1. The predicted octanol–water partition coefficient (Wildman–Crippen LogP) is 3.89. The third-order valence-corrected chi connectivity index (χ3v) is 6.83. The molecule has 7 nitrogen and oxygen atoms in total. The van der Waals surface area contributed by atoms with Crippen molar-refractivity contribution in [1.82, 2.24) is 20.0 Å². The van der Waals surface area contributed by atoms with E-state index in [2.05, 4.69) is 41.3 Å². The zero-order valence-corrected chi connectivity index (χ0v) is 18.9. The van der Waals surface area contributed by atoms with Crippen molar-refractivity contribution in [2.75, 3.05) is 30.9 Å². The highest BCUT2D eigenvalue weighted by molar-refractivity contribution is 7.98. The van der Waals surface area contributed by atoms with Crippen LogP contribution in [-0.2, 0) is 12.8 Å². The monoisotopic (exact) mass is 420 g/mol. The molecule has 0 saturated heterocycles. The molecular formula is C21H36N6OS. The lowest BCUT2D eigenvalue weighted by molar-refractivity contribution is 0.246. The second-order valence-electron chi connectivity index (χ2n) is 8.34. The van der Waals surface area contributed by atoms with Gasteiger partial charge in [-0.15, -0.1) is 0 Å². The van der Waals surface area contributed by atoms with Gasteiger partial charge in [0.1, 0.15) is 5.82 Å². The molecule has 3 N–H and O–H groups in total. The first-order valence-electron chi connectivity index (χ1n) is 11.1. The number of amides is 2. The van der Waals surface area contributed by atoms with E-state index in [9.17, 15) is 4.79 Å². The van der Waals surface area contributed by atoms with Gasteiger partial charge < -0.3 is 15.5 Å². The highest BCUT2D eigenvalue weighted by atomic mass is 32.2. The van der Waals surface area contributed by atoms with Gasteiger partial charge in [-0.3, -0.25) is 4.72 Å². The van der Waals surface area contributed by atoms with E-state index in [-0.39, 0.29) is 6.03 Å². The minimum Gasteiger partial charge on any atom is -0.362 e. The second kappa shape index (κ2) is 10.9. The molecule has 0 radical (unpaired) electrons. The fourth-order valence-electron chi connectivity index (χ4n) is 4.07. The lowest BCUT2D eigenvalue weighted by atomic mass is 9.95. The van der Waals surface area contributed by atoms with Crippen molar-refractivity contribution in [2.45, 2.75) is 82.4 Å². The Morgan fingerprint density at radius 2 is 1.90 bits per heavy atom. The molecule has 0 atom stereocenters. The third-order valence-electron chi connectivity index (χ3n) is 5.73. The number of carbonyl (C=O) groups excluding carboxylic acids is 1. The number of fused-ring (bicyclic) bond motifs is 1. The van der Waals surface area contributed by atoms with Crippen molar-refractivity contribution in [3.05, 3.63) is 11.3 Å². The summed E-state index contributed by atoms with van der Waals surface area (Å²) in [6.07, 6.45) is 11.0. The summed E-state index contributed by atoms with van der Waals surface area (Å²) in [5.41, 5.74) is 2.55. The van der Waals surface area contributed by atoms with E-state index in [0.717, 1.165) is 69.7 Å². The summed E-state index contributed by atoms with van der Waals surface area (Å²) in [5.74, 6) is 1.85. The second-order valence-corrected chi connectivity index (χ2v) is 9.45. The summed E-state index contributed by atoms with van der Waals surface area (Å²) in [6.45, 7) is 2.87. The van der Waals surface area contributed by atoms with E-state index in [0.29, 0.717) is 11.3 Å². The van der Waals surface area contributed by atoms with Crippen LogP contribution in [0.2, 0.25) is 0 Å². The smallest absolute Gasteiger partial charge is 0.324 e. The van der Waals surface area contributed by atoms with E-state index >= 15 is 0 Å². The topological polar surface area (TPSA) is 82.2 Å². The van der Waals surface area contributed by atoms with Gasteiger partial charge in [0, 0.05) is 37.5 Å². The third kappa shape index (κ3) is 6.39. The molecule has 29 heavy (non-hydrogen) atoms. The van der Waals surface area contributed by atoms with Gasteiger partial charge in [0.05, 0.1) is 5.69 Å². The predicted molar refractivity (Wildman–Crippen MR) is 122 cm³/mol. The van der Waals surface area contributed by atoms with Gasteiger partial charge in [-0.1, -0.05) is 13.3 Å². The number of hydrogen-bond donors (Lipinski definition) is 3. The lowest BCUT2D eigenvalue weighted by Gasteiger charge is -2.29. The molecule has 0 aliphatic heterocycles. The van der Waals surface area contributed by atoms with Gasteiger partial charge in [-0.25, -0.2) is 9.78 Å². The quantitative estimate of drug-likeness (QED) is 0.437. The van der Waals surface area contributed by atoms with Crippen LogP contribution >= 0.6 is 11.9 Å². The molecule has 1 aromatic rings. The minimum atomic E-state index is -0.0672.